The summed E-state index contributed by atoms with van der Waals surface area (Å²) < 4.78 is 17.0. The lowest BCUT2D eigenvalue weighted by atomic mass is 9.92. The number of hydrogen-bond acceptors (Lipinski definition) is 6. The summed E-state index contributed by atoms with van der Waals surface area (Å²) in [5.74, 6) is 2.56. The maximum absolute atomic E-state index is 6.14. The molecule has 0 radical (unpaired) electrons. The molecular formula is C23H25N3O3. The molecule has 1 aliphatic rings. The first-order valence-corrected chi connectivity index (χ1v) is 9.58. The SMILES string of the molecule is COc1ccc(-c2cc(-c3cc4c(cc3OC)OC(C)(C)CC4)nc(N)n2)cc1. The van der Waals surface area contributed by atoms with Crippen molar-refractivity contribution >= 4 is 5.95 Å². The summed E-state index contributed by atoms with van der Waals surface area (Å²) in [5, 5.41) is 0. The maximum Gasteiger partial charge on any atom is 0.221 e. The lowest BCUT2D eigenvalue weighted by Gasteiger charge is -2.33. The summed E-state index contributed by atoms with van der Waals surface area (Å²) in [6.45, 7) is 4.20. The van der Waals surface area contributed by atoms with Crippen LogP contribution in [0.5, 0.6) is 17.2 Å². The van der Waals surface area contributed by atoms with Gasteiger partial charge in [0.05, 0.1) is 25.6 Å². The highest BCUT2D eigenvalue weighted by Gasteiger charge is 2.28. The van der Waals surface area contributed by atoms with Gasteiger partial charge in [-0.25, -0.2) is 9.97 Å². The molecule has 0 atom stereocenters. The summed E-state index contributed by atoms with van der Waals surface area (Å²) in [4.78, 5) is 8.88. The quantitative estimate of drug-likeness (QED) is 0.705. The number of ether oxygens (including phenoxy) is 3. The standard InChI is InChI=1S/C23H25N3O3/c1-23(2)10-9-15-11-17(21(28-4)13-20(15)29-23)19-12-18(25-22(24)26-19)14-5-7-16(27-3)8-6-14/h5-8,11-13H,9-10H2,1-4H3,(H2,24,25,26). The van der Waals surface area contributed by atoms with Crippen LogP contribution in [0.1, 0.15) is 25.8 Å². The van der Waals surface area contributed by atoms with Crippen LogP contribution in [0.2, 0.25) is 0 Å². The minimum absolute atomic E-state index is 0.180. The average Bonchev–Trinajstić information content (AvgIpc) is 2.71. The summed E-state index contributed by atoms with van der Waals surface area (Å²) in [6, 6.07) is 13.6. The van der Waals surface area contributed by atoms with Crippen LogP contribution in [0.15, 0.2) is 42.5 Å². The van der Waals surface area contributed by atoms with Crippen molar-refractivity contribution in [3.63, 3.8) is 0 Å². The predicted molar refractivity (Wildman–Crippen MR) is 113 cm³/mol. The Balaban J connectivity index is 1.79. The van der Waals surface area contributed by atoms with E-state index in [1.165, 1.54) is 0 Å². The molecule has 1 aliphatic heterocycles. The second-order valence-electron chi connectivity index (χ2n) is 7.75. The van der Waals surface area contributed by atoms with E-state index in [9.17, 15) is 0 Å². The van der Waals surface area contributed by atoms with Gasteiger partial charge in [0.25, 0.3) is 0 Å². The van der Waals surface area contributed by atoms with Crippen molar-refractivity contribution in [1.29, 1.82) is 0 Å². The second-order valence-corrected chi connectivity index (χ2v) is 7.75. The molecule has 4 rings (SSSR count). The Hall–Kier alpha value is -3.28. The Kier molecular flexibility index (Phi) is 4.78. The largest absolute Gasteiger partial charge is 0.497 e. The lowest BCUT2D eigenvalue weighted by molar-refractivity contribution is 0.0844. The van der Waals surface area contributed by atoms with E-state index in [0.29, 0.717) is 11.4 Å². The van der Waals surface area contributed by atoms with E-state index in [4.69, 9.17) is 19.9 Å². The van der Waals surface area contributed by atoms with E-state index in [1.54, 1.807) is 14.2 Å². The molecular weight excluding hydrogens is 366 g/mol. The number of rotatable bonds is 4. The molecule has 150 valence electrons. The molecule has 3 aromatic rings. The van der Waals surface area contributed by atoms with Crippen LogP contribution in [-0.4, -0.2) is 29.8 Å². The molecule has 6 heteroatoms. The number of aromatic nitrogens is 2. The Morgan fingerprint density at radius 3 is 2.38 bits per heavy atom. The lowest BCUT2D eigenvalue weighted by Crippen LogP contribution is -2.32. The Labute approximate surface area is 170 Å². The fourth-order valence-corrected chi connectivity index (χ4v) is 3.56. The number of anilines is 1. The zero-order valence-corrected chi connectivity index (χ0v) is 17.2. The molecule has 2 N–H and O–H groups in total. The third-order valence-corrected chi connectivity index (χ3v) is 5.17. The van der Waals surface area contributed by atoms with Crippen LogP contribution in [0.4, 0.5) is 5.95 Å². The van der Waals surface area contributed by atoms with Crippen molar-refractivity contribution in [3.8, 4) is 39.8 Å². The van der Waals surface area contributed by atoms with E-state index < -0.39 is 0 Å². The molecule has 0 spiro atoms. The molecule has 0 amide bonds. The molecule has 6 nitrogen and oxygen atoms in total. The number of methoxy groups -OCH3 is 2. The molecule has 2 heterocycles. The molecule has 0 saturated carbocycles. The highest BCUT2D eigenvalue weighted by atomic mass is 16.5. The van der Waals surface area contributed by atoms with Crippen LogP contribution in [-0.2, 0) is 6.42 Å². The van der Waals surface area contributed by atoms with Crippen molar-refractivity contribution in [2.24, 2.45) is 0 Å². The van der Waals surface area contributed by atoms with Crippen LogP contribution >= 0.6 is 0 Å². The molecule has 29 heavy (non-hydrogen) atoms. The number of aryl methyl sites for hydroxylation is 1. The second kappa shape index (κ2) is 7.28. The van der Waals surface area contributed by atoms with Gasteiger partial charge in [0.15, 0.2) is 0 Å². The van der Waals surface area contributed by atoms with Gasteiger partial charge >= 0.3 is 0 Å². The van der Waals surface area contributed by atoms with Crippen LogP contribution in [0.3, 0.4) is 0 Å². The number of hydrogen-bond donors (Lipinski definition) is 1. The molecule has 0 aliphatic carbocycles. The molecule has 0 fully saturated rings. The maximum atomic E-state index is 6.14. The fourth-order valence-electron chi connectivity index (χ4n) is 3.56. The molecule has 0 bridgehead atoms. The average molecular weight is 391 g/mol. The number of nitrogen functional groups attached to an aromatic ring is 1. The topological polar surface area (TPSA) is 79.5 Å². The highest BCUT2D eigenvalue weighted by Crippen LogP contribution is 2.41. The first kappa shape index (κ1) is 19.1. The van der Waals surface area contributed by atoms with E-state index >= 15 is 0 Å². The number of benzene rings is 2. The van der Waals surface area contributed by atoms with Crippen LogP contribution in [0.25, 0.3) is 22.5 Å². The van der Waals surface area contributed by atoms with Gasteiger partial charge in [0, 0.05) is 17.2 Å². The number of nitrogens with zero attached hydrogens (tertiary/aromatic N) is 2. The van der Waals surface area contributed by atoms with Gasteiger partial charge in [-0.3, -0.25) is 0 Å². The Morgan fingerprint density at radius 1 is 0.966 bits per heavy atom. The van der Waals surface area contributed by atoms with Gasteiger partial charge in [-0.05, 0) is 68.7 Å². The Morgan fingerprint density at radius 2 is 1.69 bits per heavy atom. The van der Waals surface area contributed by atoms with Crippen molar-refractivity contribution < 1.29 is 14.2 Å². The molecule has 2 aromatic carbocycles. The molecule has 0 saturated heterocycles. The summed E-state index contributed by atoms with van der Waals surface area (Å²) in [7, 11) is 3.29. The zero-order valence-electron chi connectivity index (χ0n) is 17.2. The van der Waals surface area contributed by atoms with Gasteiger partial charge in [-0.2, -0.15) is 0 Å². The predicted octanol–water partition coefficient (Wildman–Crippen LogP) is 4.51. The van der Waals surface area contributed by atoms with E-state index in [0.717, 1.165) is 46.7 Å². The van der Waals surface area contributed by atoms with Crippen molar-refractivity contribution in [2.75, 3.05) is 20.0 Å². The Bertz CT molecular complexity index is 1050. The van der Waals surface area contributed by atoms with Gasteiger partial charge < -0.3 is 19.9 Å². The number of fused-ring (bicyclic) bond motifs is 1. The number of nitrogens with two attached hydrogens (primary N) is 1. The first-order chi connectivity index (χ1) is 13.9. The van der Waals surface area contributed by atoms with Crippen molar-refractivity contribution in [1.82, 2.24) is 9.97 Å². The summed E-state index contributed by atoms with van der Waals surface area (Å²) >= 11 is 0. The first-order valence-electron chi connectivity index (χ1n) is 9.58. The minimum Gasteiger partial charge on any atom is -0.497 e. The zero-order chi connectivity index (χ0) is 20.6. The van der Waals surface area contributed by atoms with Crippen molar-refractivity contribution in [2.45, 2.75) is 32.3 Å². The van der Waals surface area contributed by atoms with Gasteiger partial charge in [0.1, 0.15) is 22.8 Å². The van der Waals surface area contributed by atoms with Crippen LogP contribution in [0, 0.1) is 0 Å². The molecule has 0 unspecified atom stereocenters. The van der Waals surface area contributed by atoms with E-state index in [1.807, 2.05) is 36.4 Å². The van der Waals surface area contributed by atoms with E-state index in [2.05, 4.69) is 29.9 Å². The summed E-state index contributed by atoms with van der Waals surface area (Å²) in [5.41, 5.74) is 10.3. The fraction of sp³-hybridized carbons (Fsp3) is 0.304. The van der Waals surface area contributed by atoms with Gasteiger partial charge in [-0.15, -0.1) is 0 Å². The van der Waals surface area contributed by atoms with Gasteiger partial charge in [-0.1, -0.05) is 0 Å². The smallest absolute Gasteiger partial charge is 0.221 e. The van der Waals surface area contributed by atoms with Crippen LogP contribution < -0.4 is 19.9 Å². The summed E-state index contributed by atoms with van der Waals surface area (Å²) in [6.07, 6.45) is 1.89. The minimum atomic E-state index is -0.180. The monoisotopic (exact) mass is 391 g/mol. The van der Waals surface area contributed by atoms with Crippen molar-refractivity contribution in [3.05, 3.63) is 48.0 Å². The van der Waals surface area contributed by atoms with E-state index in [-0.39, 0.29) is 11.5 Å². The third kappa shape index (κ3) is 3.83. The normalized spacial score (nSPS) is 14.6. The highest BCUT2D eigenvalue weighted by molar-refractivity contribution is 5.75. The molecule has 1 aromatic heterocycles. The van der Waals surface area contributed by atoms with Gasteiger partial charge in [0.2, 0.25) is 5.95 Å². The third-order valence-electron chi connectivity index (χ3n) is 5.17.